The van der Waals surface area contributed by atoms with Gasteiger partial charge in [-0.1, -0.05) is 17.7 Å². The quantitative estimate of drug-likeness (QED) is 0.638. The molecule has 0 aliphatic carbocycles. The first kappa shape index (κ1) is 17.3. The highest BCUT2D eigenvalue weighted by Gasteiger charge is 2.23. The number of guanidine groups is 1. The van der Waals surface area contributed by atoms with Crippen LogP contribution < -0.4 is 15.5 Å². The lowest BCUT2D eigenvalue weighted by Gasteiger charge is -2.20. The molecule has 25 heavy (non-hydrogen) atoms. The van der Waals surface area contributed by atoms with E-state index in [1.165, 1.54) is 11.3 Å². The van der Waals surface area contributed by atoms with Crippen LogP contribution in [0.2, 0.25) is 0 Å². The van der Waals surface area contributed by atoms with Crippen LogP contribution in [0.5, 0.6) is 0 Å². The fraction of sp³-hybridized carbons (Fsp3) is 0.500. The molecule has 1 aliphatic heterocycles. The van der Waals surface area contributed by atoms with Crippen LogP contribution in [0.1, 0.15) is 24.7 Å². The number of nitrogens with one attached hydrogen (secondary N) is 2. The normalized spacial score (nSPS) is 17.8. The molecule has 0 amide bonds. The largest absolute Gasteiger partial charge is 0.369 e. The van der Waals surface area contributed by atoms with Crippen molar-refractivity contribution in [1.82, 2.24) is 25.4 Å². The van der Waals surface area contributed by atoms with Gasteiger partial charge in [0, 0.05) is 38.4 Å². The summed E-state index contributed by atoms with van der Waals surface area (Å²) >= 11 is 0. The maximum absolute atomic E-state index is 4.33. The lowest BCUT2D eigenvalue weighted by Crippen LogP contribution is -2.44. The summed E-state index contributed by atoms with van der Waals surface area (Å²) in [4.78, 5) is 6.75. The Morgan fingerprint density at radius 3 is 2.84 bits per heavy atom. The fourth-order valence-corrected chi connectivity index (χ4v) is 3.10. The second-order valence-electron chi connectivity index (χ2n) is 6.37. The molecular weight excluding hydrogens is 314 g/mol. The Kier molecular flexibility index (Phi) is 5.53. The predicted molar refractivity (Wildman–Crippen MR) is 101 cm³/mol. The number of aryl methyl sites for hydroxylation is 2. The number of nitrogens with zero attached hydrogens (tertiary/aromatic N) is 5. The van der Waals surface area contributed by atoms with Gasteiger partial charge >= 0.3 is 0 Å². The van der Waals surface area contributed by atoms with Crippen molar-refractivity contribution < 1.29 is 0 Å². The van der Waals surface area contributed by atoms with E-state index in [-0.39, 0.29) is 0 Å². The second kappa shape index (κ2) is 8.00. The first-order valence-corrected chi connectivity index (χ1v) is 8.85. The first-order chi connectivity index (χ1) is 12.2. The molecule has 1 aliphatic rings. The third-order valence-electron chi connectivity index (χ3n) is 4.60. The van der Waals surface area contributed by atoms with Crippen LogP contribution in [0.15, 0.2) is 35.6 Å². The molecule has 0 radical (unpaired) electrons. The Bertz CT molecular complexity index is 704. The minimum absolute atomic E-state index is 0.386. The van der Waals surface area contributed by atoms with Gasteiger partial charge in [0.1, 0.15) is 6.33 Å². The molecule has 1 saturated heterocycles. The maximum Gasteiger partial charge on any atom is 0.191 e. The zero-order valence-corrected chi connectivity index (χ0v) is 15.2. The summed E-state index contributed by atoms with van der Waals surface area (Å²) in [6.07, 6.45) is 2.85. The van der Waals surface area contributed by atoms with Crippen molar-refractivity contribution in [1.29, 1.82) is 0 Å². The molecule has 2 aromatic rings. The Morgan fingerprint density at radius 1 is 1.32 bits per heavy atom. The van der Waals surface area contributed by atoms with Gasteiger partial charge in [-0.3, -0.25) is 4.99 Å². The van der Waals surface area contributed by atoms with E-state index in [4.69, 9.17) is 0 Å². The molecule has 1 atom stereocenters. The molecule has 7 nitrogen and oxygen atoms in total. The van der Waals surface area contributed by atoms with Gasteiger partial charge < -0.3 is 20.1 Å². The number of hydrogen-bond acceptors (Lipinski definition) is 4. The summed E-state index contributed by atoms with van der Waals surface area (Å²) in [7, 11) is 1.80. The van der Waals surface area contributed by atoms with Gasteiger partial charge in [0.25, 0.3) is 0 Å². The van der Waals surface area contributed by atoms with Gasteiger partial charge in [0.05, 0.1) is 6.54 Å². The van der Waals surface area contributed by atoms with Gasteiger partial charge in [-0.25, -0.2) is 0 Å². The van der Waals surface area contributed by atoms with Crippen molar-refractivity contribution >= 4 is 11.6 Å². The van der Waals surface area contributed by atoms with Crippen LogP contribution in [-0.4, -0.2) is 46.9 Å². The molecule has 2 N–H and O–H groups in total. The van der Waals surface area contributed by atoms with Crippen molar-refractivity contribution in [2.45, 2.75) is 39.4 Å². The van der Waals surface area contributed by atoms with Crippen molar-refractivity contribution in [3.8, 4) is 0 Å². The summed E-state index contributed by atoms with van der Waals surface area (Å²) in [5.41, 5.74) is 2.58. The highest BCUT2D eigenvalue weighted by molar-refractivity contribution is 5.80. The Hall–Kier alpha value is -2.57. The van der Waals surface area contributed by atoms with Crippen LogP contribution >= 0.6 is 0 Å². The van der Waals surface area contributed by atoms with Gasteiger partial charge in [-0.2, -0.15) is 0 Å². The Labute approximate surface area is 149 Å². The lowest BCUT2D eigenvalue weighted by molar-refractivity contribution is 0.631. The first-order valence-electron chi connectivity index (χ1n) is 8.85. The van der Waals surface area contributed by atoms with Gasteiger partial charge in [-0.05, 0) is 32.4 Å². The standard InChI is InChI=1S/C18H27N7/c1-4-24-13-21-23-17(24)11-20-18(19-3)22-15-9-10-25(12-15)16-7-5-14(2)6-8-16/h5-8,13,15H,4,9-12H2,1-3H3,(H2,19,20,22). The molecule has 134 valence electrons. The zero-order valence-electron chi connectivity index (χ0n) is 15.2. The Morgan fingerprint density at radius 2 is 2.12 bits per heavy atom. The van der Waals surface area contributed by atoms with E-state index >= 15 is 0 Å². The summed E-state index contributed by atoms with van der Waals surface area (Å²) in [5.74, 6) is 1.72. The highest BCUT2D eigenvalue weighted by atomic mass is 15.3. The van der Waals surface area contributed by atoms with E-state index in [1.54, 1.807) is 13.4 Å². The van der Waals surface area contributed by atoms with Crippen LogP contribution in [-0.2, 0) is 13.1 Å². The number of aliphatic imine (C=N–C) groups is 1. The molecule has 0 bridgehead atoms. The van der Waals surface area contributed by atoms with Gasteiger partial charge in [0.2, 0.25) is 0 Å². The van der Waals surface area contributed by atoms with E-state index in [0.717, 1.165) is 37.8 Å². The van der Waals surface area contributed by atoms with Crippen LogP contribution in [0.25, 0.3) is 0 Å². The maximum atomic E-state index is 4.33. The van der Waals surface area contributed by atoms with Crippen LogP contribution in [0.4, 0.5) is 5.69 Å². The molecule has 1 aromatic heterocycles. The van der Waals surface area contributed by atoms with E-state index in [1.807, 2.05) is 4.57 Å². The third-order valence-corrected chi connectivity index (χ3v) is 4.60. The molecule has 2 heterocycles. The summed E-state index contributed by atoms with van der Waals surface area (Å²) in [5, 5.41) is 14.9. The van der Waals surface area contributed by atoms with E-state index < -0.39 is 0 Å². The van der Waals surface area contributed by atoms with E-state index in [2.05, 4.69) is 68.8 Å². The number of anilines is 1. The minimum Gasteiger partial charge on any atom is -0.369 e. The average Bonchev–Trinajstić information content (AvgIpc) is 3.28. The number of hydrogen-bond donors (Lipinski definition) is 2. The average molecular weight is 341 g/mol. The number of benzene rings is 1. The Balaban J connectivity index is 1.52. The second-order valence-corrected chi connectivity index (χ2v) is 6.37. The third kappa shape index (κ3) is 4.29. The monoisotopic (exact) mass is 341 g/mol. The molecule has 1 fully saturated rings. The minimum atomic E-state index is 0.386. The fourth-order valence-electron chi connectivity index (χ4n) is 3.10. The summed E-state index contributed by atoms with van der Waals surface area (Å²) in [6.45, 7) is 7.72. The molecule has 1 unspecified atom stereocenters. The van der Waals surface area contributed by atoms with E-state index in [0.29, 0.717) is 12.6 Å². The summed E-state index contributed by atoms with van der Waals surface area (Å²) < 4.78 is 2.02. The molecular formula is C18H27N7. The lowest BCUT2D eigenvalue weighted by atomic mass is 10.2. The molecule has 0 spiro atoms. The highest BCUT2D eigenvalue weighted by Crippen LogP contribution is 2.20. The van der Waals surface area contributed by atoms with Crippen molar-refractivity contribution in [2.75, 3.05) is 25.0 Å². The SMILES string of the molecule is CCn1cnnc1CNC(=NC)NC1CCN(c2ccc(C)cc2)C1. The summed E-state index contributed by atoms with van der Waals surface area (Å²) in [6, 6.07) is 9.11. The smallest absolute Gasteiger partial charge is 0.191 e. The van der Waals surface area contributed by atoms with E-state index in [9.17, 15) is 0 Å². The molecule has 3 rings (SSSR count). The van der Waals surface area contributed by atoms with Crippen molar-refractivity contribution in [3.63, 3.8) is 0 Å². The van der Waals surface area contributed by atoms with Crippen LogP contribution in [0.3, 0.4) is 0 Å². The number of rotatable bonds is 5. The predicted octanol–water partition coefficient (Wildman–Crippen LogP) is 1.55. The van der Waals surface area contributed by atoms with Crippen LogP contribution in [0, 0.1) is 6.92 Å². The van der Waals surface area contributed by atoms with Crippen molar-refractivity contribution in [3.05, 3.63) is 42.0 Å². The molecule has 1 aromatic carbocycles. The number of aromatic nitrogens is 3. The topological polar surface area (TPSA) is 70.4 Å². The molecule has 7 heteroatoms. The zero-order chi connectivity index (χ0) is 17.6. The van der Waals surface area contributed by atoms with Crippen molar-refractivity contribution in [2.24, 2.45) is 4.99 Å². The van der Waals surface area contributed by atoms with Gasteiger partial charge in [-0.15, -0.1) is 10.2 Å². The van der Waals surface area contributed by atoms with Gasteiger partial charge in [0.15, 0.2) is 11.8 Å². The molecule has 0 saturated carbocycles.